The van der Waals surface area contributed by atoms with E-state index in [1.807, 2.05) is 0 Å². The van der Waals surface area contributed by atoms with Gasteiger partial charge in [0.1, 0.15) is 12.4 Å². The molecule has 2 aromatic carbocycles. The molecule has 0 atom stereocenters. The molecule has 0 unspecified atom stereocenters. The molecule has 0 saturated heterocycles. The Balaban J connectivity index is 1.56. The summed E-state index contributed by atoms with van der Waals surface area (Å²) in [4.78, 5) is 23.0. The van der Waals surface area contributed by atoms with Crippen molar-refractivity contribution in [2.24, 2.45) is 0 Å². The molecular weight excluding hydrogens is 396 g/mol. The van der Waals surface area contributed by atoms with Crippen LogP contribution in [-0.4, -0.2) is 23.4 Å². The Morgan fingerprint density at radius 3 is 2.82 bits per heavy atom. The van der Waals surface area contributed by atoms with E-state index in [1.165, 1.54) is 30.0 Å². The largest absolute Gasteiger partial charge is 0.467 e. The lowest BCUT2D eigenvalue weighted by molar-refractivity contribution is -0.385. The highest BCUT2D eigenvalue weighted by Gasteiger charge is 2.21. The minimum Gasteiger partial charge on any atom is -0.467 e. The van der Waals surface area contributed by atoms with Crippen molar-refractivity contribution in [2.45, 2.75) is 24.5 Å². The van der Waals surface area contributed by atoms with Crippen molar-refractivity contribution in [2.75, 3.05) is 12.5 Å². The predicted octanol–water partition coefficient (Wildman–Crippen LogP) is 3.97. The van der Waals surface area contributed by atoms with Gasteiger partial charge < -0.3 is 14.2 Å². The maximum Gasteiger partial charge on any atom is 0.306 e. The number of benzene rings is 2. The van der Waals surface area contributed by atoms with Gasteiger partial charge >= 0.3 is 5.97 Å². The van der Waals surface area contributed by atoms with Gasteiger partial charge in [0.15, 0.2) is 18.4 Å². The van der Waals surface area contributed by atoms with Gasteiger partial charge in [-0.3, -0.25) is 14.9 Å². The first kappa shape index (κ1) is 20.0. The molecule has 2 aromatic rings. The number of thioether (sulfide) groups is 1. The average molecular weight is 411 g/mol. The van der Waals surface area contributed by atoms with Crippen molar-refractivity contribution in [3.8, 4) is 5.75 Å². The van der Waals surface area contributed by atoms with Crippen LogP contribution in [0.15, 0.2) is 35.2 Å². The molecular formula is C18H15F2NO6S. The molecule has 0 amide bonds. The number of carbonyl (C=O) groups excluding carboxylic acids is 1. The number of hydrogen-bond acceptors (Lipinski definition) is 7. The van der Waals surface area contributed by atoms with Crippen LogP contribution in [0.2, 0.25) is 0 Å². The number of esters is 1. The average Bonchev–Trinajstić information content (AvgIpc) is 2.68. The van der Waals surface area contributed by atoms with Gasteiger partial charge in [0.25, 0.3) is 5.69 Å². The molecule has 1 aliphatic heterocycles. The van der Waals surface area contributed by atoms with Crippen LogP contribution in [0.4, 0.5) is 14.5 Å². The quantitative estimate of drug-likeness (QED) is 0.295. The maximum absolute atomic E-state index is 13.2. The highest BCUT2D eigenvalue weighted by molar-refractivity contribution is 7.99. The summed E-state index contributed by atoms with van der Waals surface area (Å²) < 4.78 is 41.7. The van der Waals surface area contributed by atoms with Crippen LogP contribution in [0.5, 0.6) is 5.75 Å². The molecule has 7 nitrogen and oxygen atoms in total. The van der Waals surface area contributed by atoms with Crippen LogP contribution in [-0.2, 0) is 27.5 Å². The number of carbonyl (C=O) groups is 1. The fourth-order valence-corrected chi connectivity index (χ4v) is 3.40. The van der Waals surface area contributed by atoms with E-state index in [4.69, 9.17) is 14.2 Å². The number of fused-ring (bicyclic) bond motifs is 1. The Bertz CT molecular complexity index is 908. The van der Waals surface area contributed by atoms with Crippen LogP contribution >= 0.6 is 11.8 Å². The smallest absolute Gasteiger partial charge is 0.306 e. The van der Waals surface area contributed by atoms with E-state index >= 15 is 0 Å². The van der Waals surface area contributed by atoms with Gasteiger partial charge in [0, 0.05) is 33.9 Å². The molecule has 0 aromatic heterocycles. The maximum atomic E-state index is 13.2. The number of ether oxygens (including phenoxy) is 3. The van der Waals surface area contributed by atoms with E-state index in [0.29, 0.717) is 27.5 Å². The van der Waals surface area contributed by atoms with Gasteiger partial charge in [-0.05, 0) is 18.2 Å². The van der Waals surface area contributed by atoms with Crippen LogP contribution in [0.1, 0.15) is 17.5 Å². The van der Waals surface area contributed by atoms with Gasteiger partial charge in [-0.25, -0.2) is 8.78 Å². The topological polar surface area (TPSA) is 87.9 Å². The van der Waals surface area contributed by atoms with Crippen LogP contribution < -0.4 is 4.74 Å². The molecule has 1 heterocycles. The molecule has 0 N–H and O–H groups in total. The Morgan fingerprint density at radius 1 is 1.25 bits per heavy atom. The Hall–Kier alpha value is -2.72. The Morgan fingerprint density at radius 2 is 2.07 bits per heavy atom. The molecule has 0 fully saturated rings. The molecule has 10 heteroatoms. The second-order valence-electron chi connectivity index (χ2n) is 5.80. The summed E-state index contributed by atoms with van der Waals surface area (Å²) in [7, 11) is 0. The predicted molar refractivity (Wildman–Crippen MR) is 94.9 cm³/mol. The van der Waals surface area contributed by atoms with E-state index in [1.54, 1.807) is 0 Å². The minimum atomic E-state index is -0.952. The van der Waals surface area contributed by atoms with E-state index in [-0.39, 0.29) is 32.1 Å². The third-order valence-electron chi connectivity index (χ3n) is 3.84. The zero-order valence-corrected chi connectivity index (χ0v) is 15.3. The van der Waals surface area contributed by atoms with Gasteiger partial charge in [0.05, 0.1) is 18.0 Å². The highest BCUT2D eigenvalue weighted by atomic mass is 32.2. The monoisotopic (exact) mass is 411 g/mol. The first-order valence-corrected chi connectivity index (χ1v) is 9.17. The van der Waals surface area contributed by atoms with Crippen molar-refractivity contribution in [1.29, 1.82) is 0 Å². The molecule has 148 valence electrons. The number of rotatable bonds is 7. The van der Waals surface area contributed by atoms with Crippen LogP contribution in [0.25, 0.3) is 0 Å². The summed E-state index contributed by atoms with van der Waals surface area (Å²) in [5.74, 6) is -1.69. The molecule has 0 aliphatic carbocycles. The molecule has 0 spiro atoms. The fraction of sp³-hybridized carbons (Fsp3) is 0.278. The Labute approximate surface area is 162 Å². The summed E-state index contributed by atoms with van der Waals surface area (Å²) >= 11 is 1.18. The number of halogens is 2. The fourth-order valence-electron chi connectivity index (χ4n) is 2.54. The highest BCUT2D eigenvalue weighted by Crippen LogP contribution is 2.33. The third kappa shape index (κ3) is 4.96. The zero-order chi connectivity index (χ0) is 20.1. The lowest BCUT2D eigenvalue weighted by Crippen LogP contribution is -2.15. The standard InChI is InChI=1S/C18H15F2NO6S/c19-15-2-1-14(7-16(15)20)28-4-3-17(22)26-9-12-6-13(21(23)24)5-11-8-25-10-27-18(11)12/h1-2,5-7H,3-4,8-10H2. The summed E-state index contributed by atoms with van der Waals surface area (Å²) in [6, 6.07) is 6.15. The molecule has 0 radical (unpaired) electrons. The van der Waals surface area contributed by atoms with Crippen LogP contribution in [0.3, 0.4) is 0 Å². The van der Waals surface area contributed by atoms with Crippen molar-refractivity contribution in [1.82, 2.24) is 0 Å². The second kappa shape index (κ2) is 8.98. The number of nitro groups is 1. The molecule has 0 saturated carbocycles. The van der Waals surface area contributed by atoms with E-state index in [0.717, 1.165) is 12.1 Å². The van der Waals surface area contributed by atoms with E-state index in [2.05, 4.69) is 0 Å². The molecule has 3 rings (SSSR count). The first-order valence-electron chi connectivity index (χ1n) is 8.18. The lowest BCUT2D eigenvalue weighted by atomic mass is 10.1. The van der Waals surface area contributed by atoms with Crippen LogP contribution in [0, 0.1) is 21.7 Å². The SMILES string of the molecule is O=C(CCSc1ccc(F)c(F)c1)OCc1cc([N+](=O)[O-])cc2c1OCOC2. The zero-order valence-electron chi connectivity index (χ0n) is 14.5. The lowest BCUT2D eigenvalue weighted by Gasteiger charge is -2.20. The van der Waals surface area contributed by atoms with Gasteiger partial charge in [0.2, 0.25) is 0 Å². The van der Waals surface area contributed by atoms with Crippen molar-refractivity contribution < 1.29 is 32.7 Å². The second-order valence-corrected chi connectivity index (χ2v) is 6.96. The van der Waals surface area contributed by atoms with Gasteiger partial charge in [-0.1, -0.05) is 0 Å². The van der Waals surface area contributed by atoms with Gasteiger partial charge in [-0.2, -0.15) is 0 Å². The van der Waals surface area contributed by atoms with Crippen molar-refractivity contribution in [3.63, 3.8) is 0 Å². The van der Waals surface area contributed by atoms with E-state index < -0.39 is 22.5 Å². The number of nitro benzene ring substituents is 1. The molecule has 1 aliphatic rings. The summed E-state index contributed by atoms with van der Waals surface area (Å²) in [6.45, 7) is -0.00184. The molecule has 28 heavy (non-hydrogen) atoms. The number of hydrogen-bond donors (Lipinski definition) is 0. The van der Waals surface area contributed by atoms with Crippen molar-refractivity contribution >= 4 is 23.4 Å². The normalized spacial score (nSPS) is 12.8. The van der Waals surface area contributed by atoms with Crippen molar-refractivity contribution in [3.05, 3.63) is 63.2 Å². The van der Waals surface area contributed by atoms with Gasteiger partial charge in [-0.15, -0.1) is 11.8 Å². The van der Waals surface area contributed by atoms with E-state index in [9.17, 15) is 23.7 Å². The Kier molecular flexibility index (Phi) is 6.42. The number of non-ortho nitro benzene ring substituents is 1. The summed E-state index contributed by atoms with van der Waals surface area (Å²) in [5.41, 5.74) is 0.752. The summed E-state index contributed by atoms with van der Waals surface area (Å²) in [5, 5.41) is 11.1. The minimum absolute atomic E-state index is 0.0105. The summed E-state index contributed by atoms with van der Waals surface area (Å²) in [6.07, 6.45) is 0.0325. The molecule has 0 bridgehead atoms. The third-order valence-corrected chi connectivity index (χ3v) is 4.83. The number of nitrogens with zero attached hydrogens (tertiary/aromatic N) is 1. The first-order chi connectivity index (χ1) is 13.4.